The van der Waals surface area contributed by atoms with Gasteiger partial charge in [-0.25, -0.2) is 19.7 Å². The Morgan fingerprint density at radius 2 is 2.00 bits per heavy atom. The number of aryl methyl sites for hydroxylation is 1. The van der Waals surface area contributed by atoms with Crippen LogP contribution in [0, 0.1) is 18.3 Å². The van der Waals surface area contributed by atoms with Gasteiger partial charge in [0.25, 0.3) is 0 Å². The van der Waals surface area contributed by atoms with E-state index in [1.54, 1.807) is 13.1 Å². The lowest BCUT2D eigenvalue weighted by Gasteiger charge is -2.34. The van der Waals surface area contributed by atoms with E-state index in [2.05, 4.69) is 26.3 Å². The summed E-state index contributed by atoms with van der Waals surface area (Å²) in [6.45, 7) is 4.50. The van der Waals surface area contributed by atoms with Crippen LogP contribution in [0.4, 0.5) is 10.9 Å². The van der Waals surface area contributed by atoms with Crippen LogP contribution < -0.4 is 10.2 Å². The molecule has 2 aromatic rings. The highest BCUT2D eigenvalue weighted by Gasteiger charge is 2.23. The third-order valence-corrected chi connectivity index (χ3v) is 5.29. The van der Waals surface area contributed by atoms with Crippen molar-refractivity contribution < 1.29 is 14.3 Å². The van der Waals surface area contributed by atoms with Gasteiger partial charge in [0.05, 0.1) is 19.3 Å². The maximum Gasteiger partial charge on any atom is 0.350 e. The van der Waals surface area contributed by atoms with E-state index in [-0.39, 0.29) is 12.5 Å². The summed E-state index contributed by atoms with van der Waals surface area (Å²) < 4.78 is 4.70. The standard InChI is InChI=1S/C17H19N7O3S/c1-11-14(16(26)27-2)28-17(21-11)22-13(25)10-23-5-7-24(8-6-23)15-12(9-18)19-3-4-20-15/h3-4H,5-8,10H2,1-2H3,(H,21,22,25). The van der Waals surface area contributed by atoms with Crippen LogP contribution in [0.5, 0.6) is 0 Å². The fourth-order valence-electron chi connectivity index (χ4n) is 2.85. The number of ether oxygens (including phenoxy) is 1. The van der Waals surface area contributed by atoms with Gasteiger partial charge in [-0.15, -0.1) is 0 Å². The van der Waals surface area contributed by atoms with Crippen molar-refractivity contribution in [2.45, 2.75) is 6.92 Å². The van der Waals surface area contributed by atoms with Crippen molar-refractivity contribution in [3.63, 3.8) is 0 Å². The lowest BCUT2D eigenvalue weighted by Crippen LogP contribution is -2.49. The second kappa shape index (κ2) is 8.73. The van der Waals surface area contributed by atoms with Crippen LogP contribution in [0.2, 0.25) is 0 Å². The summed E-state index contributed by atoms with van der Waals surface area (Å²) in [5, 5.41) is 12.3. The number of hydrogen-bond acceptors (Lipinski definition) is 10. The first kappa shape index (κ1) is 19.7. The topological polar surface area (TPSA) is 124 Å². The number of nitrogens with zero attached hydrogens (tertiary/aromatic N) is 6. The predicted octanol–water partition coefficient (Wildman–Crippen LogP) is 0.660. The van der Waals surface area contributed by atoms with E-state index in [9.17, 15) is 9.59 Å². The summed E-state index contributed by atoms with van der Waals surface area (Å²) in [6, 6.07) is 2.05. The van der Waals surface area contributed by atoms with Gasteiger partial charge < -0.3 is 15.0 Å². The molecule has 3 rings (SSSR count). The Morgan fingerprint density at radius 3 is 2.68 bits per heavy atom. The van der Waals surface area contributed by atoms with E-state index in [0.29, 0.717) is 53.4 Å². The molecule has 1 N–H and O–H groups in total. The van der Waals surface area contributed by atoms with Crippen molar-refractivity contribution in [3.8, 4) is 6.07 Å². The van der Waals surface area contributed by atoms with E-state index in [0.717, 1.165) is 11.3 Å². The molecule has 1 aliphatic rings. The molecule has 10 nitrogen and oxygen atoms in total. The van der Waals surface area contributed by atoms with Gasteiger partial charge in [-0.1, -0.05) is 11.3 Å². The minimum atomic E-state index is -0.465. The minimum absolute atomic E-state index is 0.198. The molecular weight excluding hydrogens is 382 g/mol. The first-order valence-electron chi connectivity index (χ1n) is 8.55. The molecule has 0 radical (unpaired) electrons. The van der Waals surface area contributed by atoms with Crippen LogP contribution in [0.25, 0.3) is 0 Å². The average Bonchev–Trinajstić information content (AvgIpc) is 3.07. The molecule has 1 saturated heterocycles. The highest BCUT2D eigenvalue weighted by molar-refractivity contribution is 7.17. The predicted molar refractivity (Wildman–Crippen MR) is 102 cm³/mol. The number of hydrogen-bond donors (Lipinski definition) is 1. The van der Waals surface area contributed by atoms with Crippen molar-refractivity contribution in [1.29, 1.82) is 5.26 Å². The molecular formula is C17H19N7O3S. The number of anilines is 2. The summed E-state index contributed by atoms with van der Waals surface area (Å²) in [6.07, 6.45) is 3.06. The Labute approximate surface area is 165 Å². The third-order valence-electron chi connectivity index (χ3n) is 4.24. The zero-order chi connectivity index (χ0) is 20.1. The molecule has 146 valence electrons. The number of esters is 1. The SMILES string of the molecule is COC(=O)c1sc(NC(=O)CN2CCN(c3nccnc3C#N)CC2)nc1C. The Bertz CT molecular complexity index is 916. The van der Waals surface area contributed by atoms with Gasteiger partial charge in [0.15, 0.2) is 16.6 Å². The van der Waals surface area contributed by atoms with Crippen LogP contribution in [0.3, 0.4) is 0 Å². The summed E-state index contributed by atoms with van der Waals surface area (Å²) in [5.74, 6) is -0.0918. The number of carbonyl (C=O) groups excluding carboxylic acids is 2. The first-order chi connectivity index (χ1) is 13.5. The monoisotopic (exact) mass is 401 g/mol. The number of carbonyl (C=O) groups is 2. The summed E-state index contributed by atoms with van der Waals surface area (Å²) in [5.41, 5.74) is 0.826. The lowest BCUT2D eigenvalue weighted by molar-refractivity contribution is -0.117. The van der Waals surface area contributed by atoms with Crippen molar-refractivity contribution in [1.82, 2.24) is 19.9 Å². The molecule has 0 atom stereocenters. The molecule has 11 heteroatoms. The van der Waals surface area contributed by atoms with Gasteiger partial charge in [-0.05, 0) is 6.92 Å². The lowest BCUT2D eigenvalue weighted by atomic mass is 10.3. The maximum atomic E-state index is 12.3. The van der Waals surface area contributed by atoms with Crippen LogP contribution >= 0.6 is 11.3 Å². The van der Waals surface area contributed by atoms with E-state index in [1.807, 2.05) is 9.80 Å². The number of nitriles is 1. The van der Waals surface area contributed by atoms with Gasteiger partial charge in [-0.2, -0.15) is 5.26 Å². The average molecular weight is 401 g/mol. The molecule has 0 aromatic carbocycles. The minimum Gasteiger partial charge on any atom is -0.465 e. The molecule has 1 aliphatic heterocycles. The highest BCUT2D eigenvalue weighted by atomic mass is 32.1. The quantitative estimate of drug-likeness (QED) is 0.719. The fourth-order valence-corrected chi connectivity index (χ4v) is 3.75. The summed E-state index contributed by atoms with van der Waals surface area (Å²) >= 11 is 1.09. The summed E-state index contributed by atoms with van der Waals surface area (Å²) in [4.78, 5) is 40.8. The third kappa shape index (κ3) is 4.41. The number of methoxy groups -OCH3 is 1. The number of piperazine rings is 1. The van der Waals surface area contributed by atoms with Crippen molar-refractivity contribution >= 4 is 34.2 Å². The molecule has 2 aromatic heterocycles. The van der Waals surface area contributed by atoms with Crippen molar-refractivity contribution in [3.05, 3.63) is 28.7 Å². The molecule has 0 aliphatic carbocycles. The summed E-state index contributed by atoms with van der Waals surface area (Å²) in [7, 11) is 1.31. The Kier molecular flexibility index (Phi) is 6.13. The molecule has 3 heterocycles. The van der Waals surface area contributed by atoms with Crippen LogP contribution in [0.15, 0.2) is 12.4 Å². The molecule has 0 unspecified atom stereocenters. The molecule has 0 bridgehead atoms. The fraction of sp³-hybridized carbons (Fsp3) is 0.412. The van der Waals surface area contributed by atoms with Crippen molar-refractivity contribution in [2.24, 2.45) is 0 Å². The van der Waals surface area contributed by atoms with Crippen LogP contribution in [-0.4, -0.2) is 71.6 Å². The molecule has 1 fully saturated rings. The molecule has 1 amide bonds. The van der Waals surface area contributed by atoms with Crippen LogP contribution in [0.1, 0.15) is 21.1 Å². The zero-order valence-electron chi connectivity index (χ0n) is 15.5. The Balaban J connectivity index is 1.53. The van der Waals surface area contributed by atoms with Crippen LogP contribution in [-0.2, 0) is 9.53 Å². The van der Waals surface area contributed by atoms with Gasteiger partial charge in [0, 0.05) is 38.6 Å². The first-order valence-corrected chi connectivity index (χ1v) is 9.37. The van der Waals surface area contributed by atoms with Gasteiger partial charge in [0.1, 0.15) is 10.9 Å². The number of thiazole rings is 1. The van der Waals surface area contributed by atoms with E-state index in [4.69, 9.17) is 10.00 Å². The highest BCUT2D eigenvalue weighted by Crippen LogP contribution is 2.23. The van der Waals surface area contributed by atoms with E-state index in [1.165, 1.54) is 13.3 Å². The maximum absolute atomic E-state index is 12.3. The van der Waals surface area contributed by atoms with Gasteiger partial charge in [-0.3, -0.25) is 9.69 Å². The number of nitrogens with one attached hydrogen (secondary N) is 1. The van der Waals surface area contributed by atoms with E-state index >= 15 is 0 Å². The van der Waals surface area contributed by atoms with Gasteiger partial charge >= 0.3 is 5.97 Å². The largest absolute Gasteiger partial charge is 0.465 e. The normalized spacial score (nSPS) is 14.4. The number of aromatic nitrogens is 3. The van der Waals surface area contributed by atoms with Gasteiger partial charge in [0.2, 0.25) is 5.91 Å². The molecule has 28 heavy (non-hydrogen) atoms. The van der Waals surface area contributed by atoms with Crippen molar-refractivity contribution in [2.75, 3.05) is 50.1 Å². The second-order valence-electron chi connectivity index (χ2n) is 6.08. The number of amides is 1. The molecule has 0 spiro atoms. The second-order valence-corrected chi connectivity index (χ2v) is 7.08. The smallest absolute Gasteiger partial charge is 0.350 e. The molecule has 0 saturated carbocycles. The zero-order valence-corrected chi connectivity index (χ0v) is 16.3. The number of rotatable bonds is 5. The Hall–Kier alpha value is -3.10. The Morgan fingerprint density at radius 1 is 1.29 bits per heavy atom. The van der Waals surface area contributed by atoms with E-state index < -0.39 is 5.97 Å².